The monoisotopic (exact) mass is 231 g/mol. The Kier molecular flexibility index (Phi) is 3.80. The van der Waals surface area contributed by atoms with Gasteiger partial charge in [-0.25, -0.2) is 4.79 Å². The number of carbonyl (C=O) groups is 1. The molecule has 0 unspecified atom stereocenters. The highest BCUT2D eigenvalue weighted by atomic mass is 16.6. The largest absolute Gasteiger partial charge is 0.443 e. The predicted molar refractivity (Wildman–Crippen MR) is 69.0 cm³/mol. The molecule has 0 radical (unpaired) electrons. The van der Waals surface area contributed by atoms with Gasteiger partial charge in [0.05, 0.1) is 0 Å². The van der Waals surface area contributed by atoms with E-state index in [1.807, 2.05) is 39.0 Å². The molecule has 0 bridgehead atoms. The SMILES string of the molecule is C#Cc1cccc(N(C)C(=O)OC(C)(C)C)c1. The van der Waals surface area contributed by atoms with Crippen molar-refractivity contribution in [1.82, 2.24) is 0 Å². The van der Waals surface area contributed by atoms with Crippen molar-refractivity contribution in [2.75, 3.05) is 11.9 Å². The minimum absolute atomic E-state index is 0.397. The van der Waals surface area contributed by atoms with Crippen LogP contribution in [0.1, 0.15) is 26.3 Å². The van der Waals surface area contributed by atoms with Gasteiger partial charge >= 0.3 is 6.09 Å². The van der Waals surface area contributed by atoms with Crippen molar-refractivity contribution in [3.8, 4) is 12.3 Å². The second-order valence-electron chi connectivity index (χ2n) is 4.73. The van der Waals surface area contributed by atoms with Crippen molar-refractivity contribution in [1.29, 1.82) is 0 Å². The first-order valence-electron chi connectivity index (χ1n) is 5.37. The minimum Gasteiger partial charge on any atom is -0.443 e. The third kappa shape index (κ3) is 3.84. The lowest BCUT2D eigenvalue weighted by atomic mass is 10.2. The first kappa shape index (κ1) is 13.1. The van der Waals surface area contributed by atoms with Crippen molar-refractivity contribution in [3.05, 3.63) is 29.8 Å². The molecule has 0 saturated carbocycles. The van der Waals surface area contributed by atoms with Gasteiger partial charge in [-0.05, 0) is 39.0 Å². The Bertz CT molecular complexity index is 452. The summed E-state index contributed by atoms with van der Waals surface area (Å²) in [6, 6.07) is 7.20. The number of benzene rings is 1. The summed E-state index contributed by atoms with van der Waals surface area (Å²) in [6.45, 7) is 5.49. The third-order valence-corrected chi connectivity index (χ3v) is 2.07. The predicted octanol–water partition coefficient (Wildman–Crippen LogP) is 3.04. The van der Waals surface area contributed by atoms with Crippen LogP contribution in [0.5, 0.6) is 0 Å². The van der Waals surface area contributed by atoms with E-state index in [1.54, 1.807) is 13.1 Å². The van der Waals surface area contributed by atoms with Gasteiger partial charge in [-0.3, -0.25) is 4.90 Å². The van der Waals surface area contributed by atoms with E-state index in [2.05, 4.69) is 5.92 Å². The van der Waals surface area contributed by atoms with Gasteiger partial charge in [-0.1, -0.05) is 12.0 Å². The number of nitrogens with zero attached hydrogens (tertiary/aromatic N) is 1. The molecule has 3 heteroatoms. The molecule has 1 aromatic carbocycles. The molecule has 0 fully saturated rings. The Hall–Kier alpha value is -1.95. The van der Waals surface area contributed by atoms with Crippen LogP contribution in [0.4, 0.5) is 10.5 Å². The Labute approximate surface area is 102 Å². The standard InChI is InChI=1S/C14H17NO2/c1-6-11-8-7-9-12(10-11)15(5)13(16)17-14(2,3)4/h1,7-10H,2-5H3. The number of amides is 1. The summed E-state index contributed by atoms with van der Waals surface area (Å²) in [4.78, 5) is 13.2. The fourth-order valence-corrected chi connectivity index (χ4v) is 1.24. The smallest absolute Gasteiger partial charge is 0.414 e. The molecule has 1 rings (SSSR count). The molecular formula is C14H17NO2. The normalized spacial score (nSPS) is 10.5. The van der Waals surface area contributed by atoms with E-state index in [-0.39, 0.29) is 0 Å². The molecule has 1 aromatic rings. The van der Waals surface area contributed by atoms with E-state index in [1.165, 1.54) is 4.90 Å². The molecule has 0 aliphatic carbocycles. The van der Waals surface area contributed by atoms with Gasteiger partial charge in [0.1, 0.15) is 5.60 Å². The van der Waals surface area contributed by atoms with Crippen molar-refractivity contribution in [2.24, 2.45) is 0 Å². The number of terminal acetylenes is 1. The number of hydrogen-bond acceptors (Lipinski definition) is 2. The Balaban J connectivity index is 2.86. The lowest BCUT2D eigenvalue weighted by Crippen LogP contribution is -2.34. The van der Waals surface area contributed by atoms with E-state index < -0.39 is 11.7 Å². The fourth-order valence-electron chi connectivity index (χ4n) is 1.24. The minimum atomic E-state index is -0.505. The highest BCUT2D eigenvalue weighted by Crippen LogP contribution is 2.17. The van der Waals surface area contributed by atoms with E-state index in [4.69, 9.17) is 11.2 Å². The maximum absolute atomic E-state index is 11.8. The molecule has 1 amide bonds. The van der Waals surface area contributed by atoms with E-state index in [9.17, 15) is 4.79 Å². The van der Waals surface area contributed by atoms with Crippen LogP contribution in [-0.4, -0.2) is 18.7 Å². The molecule has 90 valence electrons. The number of ether oxygens (including phenoxy) is 1. The number of hydrogen-bond donors (Lipinski definition) is 0. The average molecular weight is 231 g/mol. The van der Waals surface area contributed by atoms with Crippen LogP contribution in [0.2, 0.25) is 0 Å². The Morgan fingerprint density at radius 3 is 2.59 bits per heavy atom. The molecule has 0 spiro atoms. The van der Waals surface area contributed by atoms with Gasteiger partial charge < -0.3 is 4.74 Å². The number of anilines is 1. The molecule has 0 aromatic heterocycles. The third-order valence-electron chi connectivity index (χ3n) is 2.07. The van der Waals surface area contributed by atoms with Crippen molar-refractivity contribution >= 4 is 11.8 Å². The molecule has 0 aliphatic rings. The molecule has 0 saturated heterocycles. The maximum atomic E-state index is 11.8. The Morgan fingerprint density at radius 2 is 2.06 bits per heavy atom. The second-order valence-corrected chi connectivity index (χ2v) is 4.73. The molecule has 0 N–H and O–H groups in total. The van der Waals surface area contributed by atoms with Gasteiger partial charge in [0.15, 0.2) is 0 Å². The Morgan fingerprint density at radius 1 is 1.41 bits per heavy atom. The molecule has 0 aliphatic heterocycles. The first-order valence-corrected chi connectivity index (χ1v) is 5.37. The number of carbonyl (C=O) groups excluding carboxylic acids is 1. The summed E-state index contributed by atoms with van der Waals surface area (Å²) in [5.41, 5.74) is 0.947. The van der Waals surface area contributed by atoms with Crippen molar-refractivity contribution < 1.29 is 9.53 Å². The van der Waals surface area contributed by atoms with Crippen LogP contribution in [0.25, 0.3) is 0 Å². The van der Waals surface area contributed by atoms with Crippen LogP contribution in [0.3, 0.4) is 0 Å². The maximum Gasteiger partial charge on any atom is 0.414 e. The topological polar surface area (TPSA) is 29.5 Å². The molecule has 0 heterocycles. The van der Waals surface area contributed by atoms with Gasteiger partial charge in [0, 0.05) is 18.3 Å². The van der Waals surface area contributed by atoms with Crippen molar-refractivity contribution in [3.63, 3.8) is 0 Å². The van der Waals surface area contributed by atoms with Gasteiger partial charge in [0.2, 0.25) is 0 Å². The van der Waals surface area contributed by atoms with E-state index in [0.29, 0.717) is 0 Å². The average Bonchev–Trinajstić information content (AvgIpc) is 2.26. The summed E-state index contributed by atoms with van der Waals surface area (Å²) in [7, 11) is 1.66. The molecule has 0 atom stereocenters. The summed E-state index contributed by atoms with van der Waals surface area (Å²) < 4.78 is 5.26. The zero-order valence-electron chi connectivity index (χ0n) is 10.7. The molecule has 17 heavy (non-hydrogen) atoms. The van der Waals surface area contributed by atoms with Gasteiger partial charge in [-0.15, -0.1) is 6.42 Å². The highest BCUT2D eigenvalue weighted by Gasteiger charge is 2.20. The van der Waals surface area contributed by atoms with E-state index >= 15 is 0 Å². The number of rotatable bonds is 1. The molecule has 3 nitrogen and oxygen atoms in total. The lowest BCUT2D eigenvalue weighted by molar-refractivity contribution is 0.0589. The van der Waals surface area contributed by atoms with Crippen LogP contribution < -0.4 is 4.90 Å². The van der Waals surface area contributed by atoms with Crippen LogP contribution in [0.15, 0.2) is 24.3 Å². The summed E-state index contributed by atoms with van der Waals surface area (Å²) in [6.07, 6.45) is 4.92. The fraction of sp³-hybridized carbons (Fsp3) is 0.357. The summed E-state index contributed by atoms with van der Waals surface area (Å²) in [5.74, 6) is 2.53. The van der Waals surface area contributed by atoms with Gasteiger partial charge in [0.25, 0.3) is 0 Å². The van der Waals surface area contributed by atoms with Gasteiger partial charge in [-0.2, -0.15) is 0 Å². The zero-order valence-corrected chi connectivity index (χ0v) is 10.7. The first-order chi connectivity index (χ1) is 7.83. The summed E-state index contributed by atoms with van der Waals surface area (Å²) >= 11 is 0. The quantitative estimate of drug-likeness (QED) is 0.695. The molecular weight excluding hydrogens is 214 g/mol. The van der Waals surface area contributed by atoms with Crippen LogP contribution in [-0.2, 0) is 4.74 Å². The summed E-state index contributed by atoms with van der Waals surface area (Å²) in [5, 5.41) is 0. The lowest BCUT2D eigenvalue weighted by Gasteiger charge is -2.24. The highest BCUT2D eigenvalue weighted by molar-refractivity contribution is 5.87. The zero-order chi connectivity index (χ0) is 13.1. The van der Waals surface area contributed by atoms with E-state index in [0.717, 1.165) is 11.3 Å². The van der Waals surface area contributed by atoms with Crippen LogP contribution in [0, 0.1) is 12.3 Å². The van der Waals surface area contributed by atoms with Crippen LogP contribution >= 0.6 is 0 Å². The van der Waals surface area contributed by atoms with Crippen molar-refractivity contribution in [2.45, 2.75) is 26.4 Å². The second kappa shape index (κ2) is 4.92.